The van der Waals surface area contributed by atoms with Crippen molar-refractivity contribution in [3.63, 3.8) is 0 Å². The van der Waals surface area contributed by atoms with E-state index in [-0.39, 0.29) is 0 Å². The van der Waals surface area contributed by atoms with E-state index in [0.29, 0.717) is 16.6 Å². The third-order valence-corrected chi connectivity index (χ3v) is 3.59. The predicted octanol–water partition coefficient (Wildman–Crippen LogP) is 3.89. The Labute approximate surface area is 112 Å². The molecule has 0 fully saturated rings. The number of aryl methyl sites for hydroxylation is 1. The number of aromatic nitrogens is 2. The van der Waals surface area contributed by atoms with Crippen LogP contribution in [0.4, 0.5) is 0 Å². The van der Waals surface area contributed by atoms with E-state index in [1.165, 1.54) is 11.5 Å². The second-order valence-electron chi connectivity index (χ2n) is 3.51. The first-order valence-electron chi connectivity index (χ1n) is 4.95. The molecule has 1 aromatic carbocycles. The van der Waals surface area contributed by atoms with Crippen LogP contribution in [-0.4, -0.2) is 16.5 Å². The van der Waals surface area contributed by atoms with Gasteiger partial charge in [0.2, 0.25) is 0 Å². The van der Waals surface area contributed by atoms with Gasteiger partial charge in [0.25, 0.3) is 0 Å². The third kappa shape index (κ3) is 2.56. The summed E-state index contributed by atoms with van der Waals surface area (Å²) in [6.45, 7) is 5.80. The van der Waals surface area contributed by atoms with Crippen LogP contribution >= 0.6 is 27.5 Å². The minimum Gasteiger partial charge on any atom is -0.494 e. The number of hydrogen-bond donors (Lipinski definition) is 0. The van der Waals surface area contributed by atoms with Gasteiger partial charge in [-0.1, -0.05) is 22.5 Å². The zero-order chi connectivity index (χ0) is 12.4. The Hall–Kier alpha value is -1.20. The number of ether oxygens (including phenoxy) is 1. The van der Waals surface area contributed by atoms with Crippen LogP contribution in [0.2, 0.25) is 0 Å². The Bertz CT molecular complexity index is 565. The van der Waals surface area contributed by atoms with E-state index < -0.39 is 0 Å². The summed E-state index contributed by atoms with van der Waals surface area (Å²) in [6, 6.07) is 6.02. The first-order chi connectivity index (χ1) is 8.11. The van der Waals surface area contributed by atoms with Crippen LogP contribution in [0.15, 0.2) is 29.3 Å². The van der Waals surface area contributed by atoms with Crippen molar-refractivity contribution < 1.29 is 4.74 Å². The first kappa shape index (κ1) is 12.3. The van der Waals surface area contributed by atoms with Gasteiger partial charge in [0.05, 0.1) is 7.11 Å². The van der Waals surface area contributed by atoms with Crippen LogP contribution in [0, 0.1) is 6.92 Å². The van der Waals surface area contributed by atoms with Gasteiger partial charge in [0.15, 0.2) is 10.8 Å². The molecule has 0 aliphatic carbocycles. The van der Waals surface area contributed by atoms with Gasteiger partial charge >= 0.3 is 0 Å². The highest BCUT2D eigenvalue weighted by Crippen LogP contribution is 2.26. The molecule has 0 radical (unpaired) electrons. The Morgan fingerprint density at radius 3 is 2.88 bits per heavy atom. The Morgan fingerprint density at radius 1 is 1.47 bits per heavy atom. The second-order valence-corrected chi connectivity index (χ2v) is 5.18. The van der Waals surface area contributed by atoms with Gasteiger partial charge in [-0.2, -0.15) is 4.37 Å². The summed E-state index contributed by atoms with van der Waals surface area (Å²) >= 11 is 4.73. The molecule has 17 heavy (non-hydrogen) atoms. The van der Waals surface area contributed by atoms with Gasteiger partial charge < -0.3 is 4.74 Å². The lowest BCUT2D eigenvalue weighted by Crippen LogP contribution is -1.87. The number of nitrogens with zero attached hydrogens (tertiary/aromatic N) is 2. The maximum Gasteiger partial charge on any atom is 0.178 e. The molecule has 3 nitrogen and oxygen atoms in total. The Kier molecular flexibility index (Phi) is 3.59. The smallest absolute Gasteiger partial charge is 0.178 e. The minimum absolute atomic E-state index is 0.545. The fourth-order valence-corrected chi connectivity index (χ4v) is 2.51. The molecular weight excluding hydrogens is 300 g/mol. The molecule has 0 N–H and O–H groups in total. The first-order valence-corrected chi connectivity index (χ1v) is 6.52. The highest BCUT2D eigenvalue weighted by atomic mass is 79.9. The molecule has 2 rings (SSSR count). The van der Waals surface area contributed by atoms with Crippen molar-refractivity contribution in [1.29, 1.82) is 0 Å². The average Bonchev–Trinajstić information content (AvgIpc) is 2.77. The average molecular weight is 311 g/mol. The molecule has 0 bridgehead atoms. The van der Waals surface area contributed by atoms with Crippen molar-refractivity contribution in [2.24, 2.45) is 0 Å². The van der Waals surface area contributed by atoms with Crippen molar-refractivity contribution in [2.45, 2.75) is 6.92 Å². The number of methoxy groups -OCH3 is 1. The summed E-state index contributed by atoms with van der Waals surface area (Å²) in [5.41, 5.74) is 2.16. The van der Waals surface area contributed by atoms with Gasteiger partial charge in [0, 0.05) is 10.0 Å². The van der Waals surface area contributed by atoms with E-state index in [4.69, 9.17) is 4.74 Å². The molecule has 0 aliphatic heterocycles. The standard InChI is InChI=1S/C12H11BrN2OS/c1-7-6-9(13)4-5-10(7)11-14-12(17-15-11)8(2)16-3/h4-6H,2H2,1,3H3. The van der Waals surface area contributed by atoms with Crippen molar-refractivity contribution in [3.05, 3.63) is 39.8 Å². The molecule has 5 heteroatoms. The minimum atomic E-state index is 0.545. The molecule has 0 spiro atoms. The molecular formula is C12H11BrN2OS. The van der Waals surface area contributed by atoms with Gasteiger partial charge in [0.1, 0.15) is 5.76 Å². The maximum absolute atomic E-state index is 5.04. The fraction of sp³-hybridized carbons (Fsp3) is 0.167. The van der Waals surface area contributed by atoms with Crippen LogP contribution in [0.25, 0.3) is 17.1 Å². The highest BCUT2D eigenvalue weighted by Gasteiger charge is 2.11. The predicted molar refractivity (Wildman–Crippen MR) is 73.8 cm³/mol. The maximum atomic E-state index is 5.04. The summed E-state index contributed by atoms with van der Waals surface area (Å²) in [4.78, 5) is 4.41. The van der Waals surface area contributed by atoms with E-state index in [9.17, 15) is 0 Å². The SMILES string of the molecule is C=C(OC)c1nc(-c2ccc(Br)cc2C)ns1. The second kappa shape index (κ2) is 4.98. The molecule has 1 heterocycles. The molecule has 0 saturated carbocycles. The van der Waals surface area contributed by atoms with E-state index in [1.807, 2.05) is 25.1 Å². The molecule has 0 atom stereocenters. The molecule has 88 valence electrons. The Balaban J connectivity index is 2.40. The topological polar surface area (TPSA) is 35.0 Å². The molecule has 0 unspecified atom stereocenters. The monoisotopic (exact) mass is 310 g/mol. The molecule has 0 aliphatic rings. The van der Waals surface area contributed by atoms with E-state index in [0.717, 1.165) is 15.6 Å². The van der Waals surface area contributed by atoms with Gasteiger partial charge in [-0.3, -0.25) is 0 Å². The van der Waals surface area contributed by atoms with Crippen molar-refractivity contribution in [2.75, 3.05) is 7.11 Å². The quantitative estimate of drug-likeness (QED) is 0.807. The van der Waals surface area contributed by atoms with Crippen LogP contribution in [-0.2, 0) is 4.74 Å². The zero-order valence-corrected chi connectivity index (χ0v) is 11.9. The number of halogens is 1. The summed E-state index contributed by atoms with van der Waals surface area (Å²) in [5, 5.41) is 0.713. The largest absolute Gasteiger partial charge is 0.494 e. The van der Waals surface area contributed by atoms with Gasteiger partial charge in [-0.15, -0.1) is 0 Å². The van der Waals surface area contributed by atoms with Crippen LogP contribution in [0.3, 0.4) is 0 Å². The fourth-order valence-electron chi connectivity index (χ4n) is 1.41. The summed E-state index contributed by atoms with van der Waals surface area (Å²) < 4.78 is 10.4. The van der Waals surface area contributed by atoms with E-state index in [2.05, 4.69) is 31.9 Å². The zero-order valence-electron chi connectivity index (χ0n) is 9.53. The Morgan fingerprint density at radius 2 is 2.24 bits per heavy atom. The lowest BCUT2D eigenvalue weighted by Gasteiger charge is -2.01. The third-order valence-electron chi connectivity index (χ3n) is 2.34. The summed E-state index contributed by atoms with van der Waals surface area (Å²) in [6.07, 6.45) is 0. The van der Waals surface area contributed by atoms with E-state index >= 15 is 0 Å². The molecule has 2 aromatic rings. The molecule has 0 saturated heterocycles. The van der Waals surface area contributed by atoms with Crippen molar-refractivity contribution >= 4 is 33.2 Å². The van der Waals surface area contributed by atoms with Crippen molar-refractivity contribution in [1.82, 2.24) is 9.36 Å². The van der Waals surface area contributed by atoms with Gasteiger partial charge in [-0.05, 0) is 42.2 Å². The number of hydrogen-bond acceptors (Lipinski definition) is 4. The molecule has 1 aromatic heterocycles. The van der Waals surface area contributed by atoms with Crippen molar-refractivity contribution in [3.8, 4) is 11.4 Å². The summed E-state index contributed by atoms with van der Waals surface area (Å²) in [7, 11) is 1.58. The van der Waals surface area contributed by atoms with Gasteiger partial charge in [-0.25, -0.2) is 4.98 Å². The molecule has 0 amide bonds. The number of rotatable bonds is 3. The normalized spacial score (nSPS) is 10.3. The lowest BCUT2D eigenvalue weighted by atomic mass is 10.1. The number of benzene rings is 1. The van der Waals surface area contributed by atoms with Crippen LogP contribution in [0.5, 0.6) is 0 Å². The van der Waals surface area contributed by atoms with Crippen LogP contribution in [0.1, 0.15) is 10.6 Å². The van der Waals surface area contributed by atoms with Crippen LogP contribution < -0.4 is 0 Å². The summed E-state index contributed by atoms with van der Waals surface area (Å²) in [5.74, 6) is 1.26. The van der Waals surface area contributed by atoms with E-state index in [1.54, 1.807) is 7.11 Å². The lowest BCUT2D eigenvalue weighted by molar-refractivity contribution is 0.371. The highest BCUT2D eigenvalue weighted by molar-refractivity contribution is 9.10.